The molecule has 0 aliphatic heterocycles. The first-order valence-corrected chi connectivity index (χ1v) is 12.7. The lowest BCUT2D eigenvalue weighted by Crippen LogP contribution is -2.22. The van der Waals surface area contributed by atoms with E-state index >= 15 is 0 Å². The standard InChI is InChI=1S/C24H18Cl2N4O3S2/c1-13(16-12-34-22(21(16)31)14-5-6-17(25)18(26)10-14)29-30-24(33)20-8-7-19(35-20)23(32)28-11-15-4-2-3-9-27-15/h2-10,12,31H,11H2,1H3,(H,28,32)(H,30,33). The van der Waals surface area contributed by atoms with Gasteiger partial charge in [-0.3, -0.25) is 14.6 Å². The highest BCUT2D eigenvalue weighted by Gasteiger charge is 2.17. The van der Waals surface area contributed by atoms with Crippen LogP contribution in [0.15, 0.2) is 65.2 Å². The van der Waals surface area contributed by atoms with E-state index in [9.17, 15) is 14.7 Å². The quantitative estimate of drug-likeness (QED) is 0.197. The van der Waals surface area contributed by atoms with E-state index in [0.29, 0.717) is 36.0 Å². The van der Waals surface area contributed by atoms with Gasteiger partial charge in [0.25, 0.3) is 11.8 Å². The van der Waals surface area contributed by atoms with Gasteiger partial charge in [-0.15, -0.1) is 22.7 Å². The van der Waals surface area contributed by atoms with Crippen LogP contribution in [0.1, 0.15) is 37.5 Å². The van der Waals surface area contributed by atoms with E-state index in [1.54, 1.807) is 54.9 Å². The van der Waals surface area contributed by atoms with Gasteiger partial charge in [-0.05, 0) is 48.9 Å². The van der Waals surface area contributed by atoms with Crippen molar-refractivity contribution in [3.8, 4) is 16.2 Å². The number of carbonyl (C=O) groups is 2. The molecule has 0 aliphatic carbocycles. The molecule has 178 valence electrons. The first-order chi connectivity index (χ1) is 16.8. The average molecular weight is 545 g/mol. The van der Waals surface area contributed by atoms with Crippen LogP contribution in [0.2, 0.25) is 10.0 Å². The minimum absolute atomic E-state index is 0.0341. The minimum atomic E-state index is -0.461. The summed E-state index contributed by atoms with van der Waals surface area (Å²) < 4.78 is 0. The number of hydrogen-bond donors (Lipinski definition) is 3. The van der Waals surface area contributed by atoms with Gasteiger partial charge >= 0.3 is 0 Å². The second-order valence-electron chi connectivity index (χ2n) is 7.26. The van der Waals surface area contributed by atoms with Crippen LogP contribution in [0, 0.1) is 0 Å². The van der Waals surface area contributed by atoms with E-state index in [4.69, 9.17) is 23.2 Å². The van der Waals surface area contributed by atoms with Crippen molar-refractivity contribution >= 4 is 63.4 Å². The number of halogens is 2. The summed E-state index contributed by atoms with van der Waals surface area (Å²) in [5.74, 6) is -0.721. The number of rotatable bonds is 7. The number of carbonyl (C=O) groups excluding carboxylic acids is 2. The Labute approximate surface area is 219 Å². The molecule has 0 atom stereocenters. The summed E-state index contributed by atoms with van der Waals surface area (Å²) >= 11 is 14.4. The lowest BCUT2D eigenvalue weighted by Gasteiger charge is -2.04. The number of aromatic nitrogens is 1. The third kappa shape index (κ3) is 5.88. The number of thiophene rings is 2. The van der Waals surface area contributed by atoms with E-state index in [2.05, 4.69) is 20.8 Å². The van der Waals surface area contributed by atoms with Gasteiger partial charge in [0.05, 0.1) is 48.2 Å². The monoisotopic (exact) mass is 544 g/mol. The Kier molecular flexibility index (Phi) is 7.82. The van der Waals surface area contributed by atoms with Gasteiger partial charge in [0.2, 0.25) is 0 Å². The van der Waals surface area contributed by atoms with E-state index < -0.39 is 5.91 Å². The van der Waals surface area contributed by atoms with Crippen LogP contribution in [-0.2, 0) is 6.54 Å². The lowest BCUT2D eigenvalue weighted by molar-refractivity contribution is 0.0949. The van der Waals surface area contributed by atoms with Gasteiger partial charge in [-0.1, -0.05) is 35.3 Å². The van der Waals surface area contributed by atoms with E-state index in [1.807, 2.05) is 12.1 Å². The number of aromatic hydroxyl groups is 1. The third-order valence-electron chi connectivity index (χ3n) is 4.87. The molecule has 3 aromatic heterocycles. The molecule has 0 aliphatic rings. The molecule has 1 aromatic carbocycles. The minimum Gasteiger partial charge on any atom is -0.506 e. The van der Waals surface area contributed by atoms with E-state index in [1.165, 1.54) is 11.3 Å². The summed E-state index contributed by atoms with van der Waals surface area (Å²) in [6.07, 6.45) is 1.65. The second-order valence-corrected chi connectivity index (χ2v) is 10.0. The highest BCUT2D eigenvalue weighted by atomic mass is 35.5. The number of nitrogens with zero attached hydrogens (tertiary/aromatic N) is 2. The smallest absolute Gasteiger partial charge is 0.281 e. The van der Waals surface area contributed by atoms with Crippen LogP contribution in [0.5, 0.6) is 5.75 Å². The van der Waals surface area contributed by atoms with E-state index in [0.717, 1.165) is 22.6 Å². The molecule has 3 N–H and O–H groups in total. The predicted octanol–water partition coefficient (Wildman–Crippen LogP) is 5.97. The van der Waals surface area contributed by atoms with Gasteiger partial charge in [0.1, 0.15) is 5.75 Å². The molecule has 7 nitrogen and oxygen atoms in total. The molecule has 0 unspecified atom stereocenters. The molecule has 0 saturated carbocycles. The number of nitrogens with one attached hydrogen (secondary N) is 2. The maximum Gasteiger partial charge on any atom is 0.281 e. The van der Waals surface area contributed by atoms with Crippen molar-refractivity contribution in [2.24, 2.45) is 5.10 Å². The van der Waals surface area contributed by atoms with E-state index in [-0.39, 0.29) is 18.2 Å². The third-order valence-corrected chi connectivity index (χ3v) is 7.71. The first-order valence-electron chi connectivity index (χ1n) is 10.2. The second kappa shape index (κ2) is 11.0. The lowest BCUT2D eigenvalue weighted by atomic mass is 10.1. The Hall–Kier alpha value is -3.24. The van der Waals surface area contributed by atoms with Crippen molar-refractivity contribution in [1.29, 1.82) is 0 Å². The molecule has 4 aromatic rings. The molecule has 0 saturated heterocycles. The number of amides is 2. The molecule has 0 radical (unpaired) electrons. The topological polar surface area (TPSA) is 104 Å². The summed E-state index contributed by atoms with van der Waals surface area (Å²) in [6.45, 7) is 1.96. The maximum absolute atomic E-state index is 12.5. The number of benzene rings is 1. The Bertz CT molecular complexity index is 1420. The molecule has 3 heterocycles. The zero-order chi connectivity index (χ0) is 24.9. The molecule has 4 rings (SSSR count). The Morgan fingerprint density at radius 3 is 2.54 bits per heavy atom. The Balaban J connectivity index is 1.40. The van der Waals surface area contributed by atoms with Crippen molar-refractivity contribution in [2.75, 3.05) is 0 Å². The average Bonchev–Trinajstić information content (AvgIpc) is 3.51. The highest BCUT2D eigenvalue weighted by molar-refractivity contribution is 7.16. The summed E-state index contributed by atoms with van der Waals surface area (Å²) in [4.78, 5) is 30.4. The van der Waals surface area contributed by atoms with Crippen molar-refractivity contribution in [3.05, 3.63) is 91.2 Å². The molecule has 35 heavy (non-hydrogen) atoms. The van der Waals surface area contributed by atoms with Gasteiger partial charge in [-0.2, -0.15) is 5.10 Å². The molecule has 2 amide bonds. The van der Waals surface area contributed by atoms with Crippen LogP contribution < -0.4 is 10.7 Å². The summed E-state index contributed by atoms with van der Waals surface area (Å²) in [5, 5.41) is 20.1. The number of pyridine rings is 1. The maximum atomic E-state index is 12.5. The first kappa shape index (κ1) is 24.9. The normalized spacial score (nSPS) is 11.3. The molecule has 11 heteroatoms. The van der Waals surface area contributed by atoms with Gasteiger partial charge < -0.3 is 10.4 Å². The van der Waals surface area contributed by atoms with Gasteiger partial charge in [0.15, 0.2) is 0 Å². The zero-order valence-electron chi connectivity index (χ0n) is 18.2. The van der Waals surface area contributed by atoms with Gasteiger partial charge in [-0.25, -0.2) is 5.43 Å². The van der Waals surface area contributed by atoms with Gasteiger partial charge in [0, 0.05) is 11.6 Å². The van der Waals surface area contributed by atoms with Crippen LogP contribution in [0.3, 0.4) is 0 Å². The molecule has 0 spiro atoms. The summed E-state index contributed by atoms with van der Waals surface area (Å²) in [7, 11) is 0. The molecular formula is C24H18Cl2N4O3S2. The predicted molar refractivity (Wildman–Crippen MR) is 141 cm³/mol. The van der Waals surface area contributed by atoms with Crippen LogP contribution in [0.25, 0.3) is 10.4 Å². The number of hydrazone groups is 1. The van der Waals surface area contributed by atoms with Crippen LogP contribution in [0.4, 0.5) is 0 Å². The van der Waals surface area contributed by atoms with Crippen molar-refractivity contribution < 1.29 is 14.7 Å². The van der Waals surface area contributed by atoms with Crippen LogP contribution >= 0.6 is 45.9 Å². The SMILES string of the molecule is CC(=NNC(=O)c1ccc(C(=O)NCc2ccccn2)s1)c1csc(-c2ccc(Cl)c(Cl)c2)c1O. The fourth-order valence-electron chi connectivity index (χ4n) is 3.04. The summed E-state index contributed by atoms with van der Waals surface area (Å²) in [6, 6.07) is 13.7. The zero-order valence-corrected chi connectivity index (χ0v) is 21.4. The van der Waals surface area contributed by atoms with Crippen LogP contribution in [-0.4, -0.2) is 27.6 Å². The van der Waals surface area contributed by atoms with Crippen molar-refractivity contribution in [2.45, 2.75) is 13.5 Å². The molecule has 0 fully saturated rings. The fraction of sp³-hybridized carbons (Fsp3) is 0.0833. The van der Waals surface area contributed by atoms with Crippen molar-refractivity contribution in [3.63, 3.8) is 0 Å². The largest absolute Gasteiger partial charge is 0.506 e. The van der Waals surface area contributed by atoms with Crippen molar-refractivity contribution in [1.82, 2.24) is 15.7 Å². The highest BCUT2D eigenvalue weighted by Crippen LogP contribution is 2.40. The Morgan fingerprint density at radius 2 is 1.83 bits per heavy atom. The molecular weight excluding hydrogens is 527 g/mol. The Morgan fingerprint density at radius 1 is 1.06 bits per heavy atom. The summed E-state index contributed by atoms with van der Waals surface area (Å²) in [5.41, 5.74) is 4.83. The molecule has 0 bridgehead atoms. The fourth-order valence-corrected chi connectivity index (χ4v) is 5.16. The number of hydrogen-bond acceptors (Lipinski definition) is 7.